The van der Waals surface area contributed by atoms with Gasteiger partial charge in [0.1, 0.15) is 17.3 Å². The Balaban J connectivity index is 1.75. The number of para-hydroxylation sites is 1. The van der Waals surface area contributed by atoms with E-state index in [-0.39, 0.29) is 5.91 Å². The van der Waals surface area contributed by atoms with Crippen molar-refractivity contribution in [3.8, 4) is 17.1 Å². The Morgan fingerprint density at radius 2 is 1.81 bits per heavy atom. The molecule has 4 rings (SSSR count). The number of pyridine rings is 1. The van der Waals surface area contributed by atoms with Gasteiger partial charge in [0.05, 0.1) is 11.3 Å². The maximum Gasteiger partial charge on any atom is 0.260 e. The van der Waals surface area contributed by atoms with E-state index >= 15 is 0 Å². The van der Waals surface area contributed by atoms with Gasteiger partial charge in [-0.2, -0.15) is 5.10 Å². The number of anilines is 1. The van der Waals surface area contributed by atoms with Crippen molar-refractivity contribution < 1.29 is 9.21 Å². The summed E-state index contributed by atoms with van der Waals surface area (Å²) in [6, 6.07) is 18.8. The topological polar surface area (TPSA) is 73.0 Å². The minimum atomic E-state index is -0.292. The van der Waals surface area contributed by atoms with Crippen molar-refractivity contribution in [2.75, 3.05) is 5.32 Å². The van der Waals surface area contributed by atoms with Crippen LogP contribution >= 0.6 is 0 Å². The Morgan fingerprint density at radius 1 is 1.00 bits per heavy atom. The molecular formula is C21H18N4O2. The summed E-state index contributed by atoms with van der Waals surface area (Å²) in [6.45, 7) is 3.73. The molecule has 0 saturated heterocycles. The molecule has 3 heterocycles. The number of nitrogens with zero attached hydrogens (tertiary/aromatic N) is 3. The lowest BCUT2D eigenvalue weighted by molar-refractivity contribution is 0.102. The van der Waals surface area contributed by atoms with Crippen molar-refractivity contribution in [2.45, 2.75) is 13.8 Å². The first kappa shape index (κ1) is 16.8. The molecule has 134 valence electrons. The monoisotopic (exact) mass is 358 g/mol. The van der Waals surface area contributed by atoms with Gasteiger partial charge in [-0.1, -0.05) is 24.3 Å². The van der Waals surface area contributed by atoms with Crippen LogP contribution in [0.3, 0.4) is 0 Å². The first-order valence-electron chi connectivity index (χ1n) is 8.57. The first-order chi connectivity index (χ1) is 13.1. The van der Waals surface area contributed by atoms with Crippen LogP contribution in [0.1, 0.15) is 21.8 Å². The van der Waals surface area contributed by atoms with Gasteiger partial charge in [-0.25, -0.2) is 9.67 Å². The quantitative estimate of drug-likeness (QED) is 0.587. The van der Waals surface area contributed by atoms with Crippen LogP contribution in [0.2, 0.25) is 0 Å². The summed E-state index contributed by atoms with van der Waals surface area (Å²) in [5, 5.41) is 7.42. The zero-order valence-electron chi connectivity index (χ0n) is 15.0. The Labute approximate surface area is 156 Å². The number of carbonyl (C=O) groups excluding carboxylic acids is 1. The number of carbonyl (C=O) groups is 1. The molecule has 6 heteroatoms. The van der Waals surface area contributed by atoms with E-state index in [1.807, 2.05) is 68.4 Å². The van der Waals surface area contributed by atoms with Crippen LogP contribution in [0.25, 0.3) is 17.1 Å². The Hall–Kier alpha value is -3.67. The van der Waals surface area contributed by atoms with E-state index in [1.54, 1.807) is 16.9 Å². The standard InChI is InChI=1S/C21H18N4O2/c1-14-7-6-10-19(22-14)23-21(26)17-13-25(16-8-4-3-5-9-16)24-20(17)18-12-11-15(2)27-18/h3-13H,1-2H3,(H,22,23,26). The normalized spacial score (nSPS) is 10.7. The van der Waals surface area contributed by atoms with Crippen LogP contribution in [0.4, 0.5) is 5.82 Å². The highest BCUT2D eigenvalue weighted by atomic mass is 16.3. The number of hydrogen-bond acceptors (Lipinski definition) is 4. The molecule has 1 N–H and O–H groups in total. The first-order valence-corrected chi connectivity index (χ1v) is 8.57. The largest absolute Gasteiger partial charge is 0.460 e. The second-order valence-corrected chi connectivity index (χ2v) is 6.20. The molecule has 0 atom stereocenters. The molecular weight excluding hydrogens is 340 g/mol. The summed E-state index contributed by atoms with van der Waals surface area (Å²) in [4.78, 5) is 17.3. The molecule has 0 fully saturated rings. The van der Waals surface area contributed by atoms with E-state index in [2.05, 4.69) is 15.4 Å². The second-order valence-electron chi connectivity index (χ2n) is 6.20. The molecule has 1 amide bonds. The lowest BCUT2D eigenvalue weighted by Crippen LogP contribution is -2.13. The predicted molar refractivity (Wildman–Crippen MR) is 103 cm³/mol. The fourth-order valence-corrected chi connectivity index (χ4v) is 2.79. The van der Waals surface area contributed by atoms with Gasteiger partial charge in [0, 0.05) is 11.9 Å². The van der Waals surface area contributed by atoms with Crippen LogP contribution in [-0.2, 0) is 0 Å². The van der Waals surface area contributed by atoms with Gasteiger partial charge in [-0.15, -0.1) is 0 Å². The van der Waals surface area contributed by atoms with Gasteiger partial charge in [-0.3, -0.25) is 4.79 Å². The van der Waals surface area contributed by atoms with Crippen molar-refractivity contribution in [1.82, 2.24) is 14.8 Å². The van der Waals surface area contributed by atoms with Crippen molar-refractivity contribution in [2.24, 2.45) is 0 Å². The average Bonchev–Trinajstić information content (AvgIpc) is 3.29. The number of nitrogens with one attached hydrogen (secondary N) is 1. The highest BCUT2D eigenvalue weighted by Gasteiger charge is 2.21. The third-order valence-corrected chi connectivity index (χ3v) is 4.08. The van der Waals surface area contributed by atoms with E-state index in [0.717, 1.165) is 17.1 Å². The van der Waals surface area contributed by atoms with Crippen LogP contribution in [0.15, 0.2) is 71.3 Å². The number of benzene rings is 1. The van der Waals surface area contributed by atoms with Crippen LogP contribution in [-0.4, -0.2) is 20.7 Å². The summed E-state index contributed by atoms with van der Waals surface area (Å²) >= 11 is 0. The van der Waals surface area contributed by atoms with E-state index in [1.165, 1.54) is 0 Å². The van der Waals surface area contributed by atoms with Crippen LogP contribution < -0.4 is 5.32 Å². The third-order valence-electron chi connectivity index (χ3n) is 4.08. The van der Waals surface area contributed by atoms with Gasteiger partial charge in [-0.05, 0) is 50.2 Å². The van der Waals surface area contributed by atoms with Crippen LogP contribution in [0, 0.1) is 13.8 Å². The van der Waals surface area contributed by atoms with Gasteiger partial charge < -0.3 is 9.73 Å². The van der Waals surface area contributed by atoms with Crippen molar-refractivity contribution in [1.29, 1.82) is 0 Å². The molecule has 0 aliphatic carbocycles. The molecule has 0 radical (unpaired) electrons. The Kier molecular flexibility index (Phi) is 4.30. The molecule has 3 aromatic heterocycles. The van der Waals surface area contributed by atoms with E-state index in [0.29, 0.717) is 22.8 Å². The molecule has 0 unspecified atom stereocenters. The molecule has 0 saturated carbocycles. The average molecular weight is 358 g/mol. The molecule has 0 aliphatic rings. The number of amides is 1. The van der Waals surface area contributed by atoms with Crippen molar-refractivity contribution >= 4 is 11.7 Å². The van der Waals surface area contributed by atoms with Gasteiger partial charge >= 0.3 is 0 Å². The van der Waals surface area contributed by atoms with E-state index < -0.39 is 0 Å². The molecule has 0 spiro atoms. The van der Waals surface area contributed by atoms with Gasteiger partial charge in [0.2, 0.25) is 0 Å². The van der Waals surface area contributed by atoms with Gasteiger partial charge in [0.15, 0.2) is 5.76 Å². The SMILES string of the molecule is Cc1cccc(NC(=O)c2cn(-c3ccccc3)nc2-c2ccc(C)o2)n1. The summed E-state index contributed by atoms with van der Waals surface area (Å²) in [5.74, 6) is 1.50. The second kappa shape index (κ2) is 6.92. The molecule has 6 nitrogen and oxygen atoms in total. The predicted octanol–water partition coefficient (Wildman–Crippen LogP) is 4.40. The zero-order chi connectivity index (χ0) is 18.8. The minimum Gasteiger partial charge on any atom is -0.460 e. The molecule has 27 heavy (non-hydrogen) atoms. The van der Waals surface area contributed by atoms with Gasteiger partial charge in [0.25, 0.3) is 5.91 Å². The number of furan rings is 1. The summed E-state index contributed by atoms with van der Waals surface area (Å²) < 4.78 is 7.38. The summed E-state index contributed by atoms with van der Waals surface area (Å²) in [7, 11) is 0. The molecule has 1 aromatic carbocycles. The maximum atomic E-state index is 12.9. The summed E-state index contributed by atoms with van der Waals surface area (Å²) in [5.41, 5.74) is 2.58. The number of hydrogen-bond donors (Lipinski definition) is 1. The number of aryl methyl sites for hydroxylation is 2. The molecule has 0 bridgehead atoms. The van der Waals surface area contributed by atoms with E-state index in [4.69, 9.17) is 4.42 Å². The number of aromatic nitrogens is 3. The summed E-state index contributed by atoms with van der Waals surface area (Å²) in [6.07, 6.45) is 1.70. The number of rotatable bonds is 4. The van der Waals surface area contributed by atoms with Crippen LogP contribution in [0.5, 0.6) is 0 Å². The molecule has 0 aliphatic heterocycles. The highest BCUT2D eigenvalue weighted by molar-refractivity contribution is 6.07. The van der Waals surface area contributed by atoms with Crippen molar-refractivity contribution in [3.63, 3.8) is 0 Å². The fourth-order valence-electron chi connectivity index (χ4n) is 2.79. The lowest BCUT2D eigenvalue weighted by Gasteiger charge is -2.04. The lowest BCUT2D eigenvalue weighted by atomic mass is 10.2. The van der Waals surface area contributed by atoms with Crippen molar-refractivity contribution in [3.05, 3.63) is 83.9 Å². The fraction of sp³-hybridized carbons (Fsp3) is 0.0952. The zero-order valence-corrected chi connectivity index (χ0v) is 15.0. The molecule has 4 aromatic rings. The smallest absolute Gasteiger partial charge is 0.260 e. The van der Waals surface area contributed by atoms with E-state index in [9.17, 15) is 4.79 Å². The Bertz CT molecular complexity index is 1100. The maximum absolute atomic E-state index is 12.9. The third kappa shape index (κ3) is 3.50. The highest BCUT2D eigenvalue weighted by Crippen LogP contribution is 2.26. The minimum absolute atomic E-state index is 0.292. The Morgan fingerprint density at radius 3 is 2.52 bits per heavy atom.